The number of hydrogen-bond acceptors (Lipinski definition) is 2. The lowest BCUT2D eigenvalue weighted by molar-refractivity contribution is -0.122. The van der Waals surface area contributed by atoms with Crippen LogP contribution < -0.4 is 5.32 Å². The molecule has 0 saturated heterocycles. The van der Waals surface area contributed by atoms with Gasteiger partial charge in [-0.1, -0.05) is 54.6 Å². The number of hydrogen-bond donors (Lipinski definition) is 1. The molecule has 1 amide bonds. The zero-order chi connectivity index (χ0) is 17.5. The number of fused-ring (bicyclic) bond motifs is 2. The van der Waals surface area contributed by atoms with Gasteiger partial charge >= 0.3 is 0 Å². The summed E-state index contributed by atoms with van der Waals surface area (Å²) in [4.78, 5) is 13.2. The normalized spacial score (nSPS) is 21.8. The van der Waals surface area contributed by atoms with Crippen LogP contribution in [0, 0.1) is 0 Å². The second-order valence-electron chi connectivity index (χ2n) is 6.93. The van der Waals surface area contributed by atoms with E-state index in [1.54, 1.807) is 6.26 Å². The maximum Gasteiger partial charge on any atom is 0.233 e. The summed E-state index contributed by atoms with van der Waals surface area (Å²) in [6, 6.07) is 22.3. The van der Waals surface area contributed by atoms with Crippen molar-refractivity contribution in [3.63, 3.8) is 0 Å². The predicted octanol–water partition coefficient (Wildman–Crippen LogP) is 4.63. The van der Waals surface area contributed by atoms with Crippen LogP contribution in [-0.2, 0) is 11.2 Å². The number of furan rings is 1. The molecule has 0 fully saturated rings. The average Bonchev–Trinajstić information content (AvgIpc) is 3.22. The monoisotopic (exact) mass is 341 g/mol. The minimum Gasteiger partial charge on any atom is -0.469 e. The number of aryl methyl sites for hydroxylation is 1. The largest absolute Gasteiger partial charge is 0.469 e. The van der Waals surface area contributed by atoms with Gasteiger partial charge in [0.25, 0.3) is 0 Å². The summed E-state index contributed by atoms with van der Waals surface area (Å²) in [5.41, 5.74) is 5.71. The average molecular weight is 341 g/mol. The summed E-state index contributed by atoms with van der Waals surface area (Å²) in [7, 11) is 0. The van der Waals surface area contributed by atoms with E-state index in [9.17, 15) is 4.79 Å². The number of nitrogens with one attached hydrogen (secondary N) is 1. The Kier molecular flexibility index (Phi) is 3.52. The molecule has 5 rings (SSSR count). The Morgan fingerprint density at radius 3 is 2.46 bits per heavy atom. The standard InChI is InChI=1S/C23H19NO2/c25-23-20(16-8-2-1-3-9-16)21(19-11-6-14-26-19)18-13-12-15-7-4-5-10-17(15)22(18)24-23/h1-11,14,20-21H,12-13H2,(H,24,25). The first-order valence-corrected chi connectivity index (χ1v) is 9.03. The van der Waals surface area contributed by atoms with Crippen LogP contribution in [0.15, 0.2) is 83.0 Å². The van der Waals surface area contributed by atoms with Crippen LogP contribution in [0.25, 0.3) is 5.70 Å². The van der Waals surface area contributed by atoms with Gasteiger partial charge in [-0.2, -0.15) is 0 Å². The molecule has 2 heterocycles. The third kappa shape index (κ3) is 2.31. The lowest BCUT2D eigenvalue weighted by atomic mass is 9.71. The lowest BCUT2D eigenvalue weighted by Crippen LogP contribution is -2.39. The highest BCUT2D eigenvalue weighted by atomic mass is 16.3. The van der Waals surface area contributed by atoms with Gasteiger partial charge < -0.3 is 9.73 Å². The fraction of sp³-hybridized carbons (Fsp3) is 0.174. The van der Waals surface area contributed by atoms with Crippen molar-refractivity contribution in [2.45, 2.75) is 24.7 Å². The summed E-state index contributed by atoms with van der Waals surface area (Å²) in [5, 5.41) is 3.21. The van der Waals surface area contributed by atoms with E-state index in [2.05, 4.69) is 23.5 Å². The third-order valence-electron chi connectivity index (χ3n) is 5.52. The first-order valence-electron chi connectivity index (χ1n) is 9.03. The van der Waals surface area contributed by atoms with Gasteiger partial charge in [0.1, 0.15) is 5.76 Å². The maximum absolute atomic E-state index is 13.2. The molecule has 3 aromatic rings. The first kappa shape index (κ1) is 15.2. The van der Waals surface area contributed by atoms with Gasteiger partial charge in [-0.3, -0.25) is 4.79 Å². The van der Waals surface area contributed by atoms with Gasteiger partial charge in [-0.15, -0.1) is 0 Å². The molecule has 0 saturated carbocycles. The van der Waals surface area contributed by atoms with Crippen LogP contribution in [0.3, 0.4) is 0 Å². The first-order chi connectivity index (χ1) is 12.8. The Hall–Kier alpha value is -3.07. The van der Waals surface area contributed by atoms with Crippen LogP contribution in [0.5, 0.6) is 0 Å². The third-order valence-corrected chi connectivity index (χ3v) is 5.52. The van der Waals surface area contributed by atoms with Crippen LogP contribution in [0.2, 0.25) is 0 Å². The van der Waals surface area contributed by atoms with Gasteiger partial charge in [0.05, 0.1) is 18.1 Å². The number of rotatable bonds is 2. The predicted molar refractivity (Wildman–Crippen MR) is 100 cm³/mol. The highest BCUT2D eigenvalue weighted by Gasteiger charge is 2.42. The van der Waals surface area contributed by atoms with E-state index in [1.165, 1.54) is 11.1 Å². The maximum atomic E-state index is 13.2. The fourth-order valence-corrected chi connectivity index (χ4v) is 4.37. The molecular weight excluding hydrogens is 322 g/mol. The highest BCUT2D eigenvalue weighted by Crippen LogP contribution is 2.48. The molecule has 26 heavy (non-hydrogen) atoms. The number of carbonyl (C=O) groups excluding carboxylic acids is 1. The molecule has 1 aliphatic heterocycles. The number of allylic oxidation sites excluding steroid dienone is 1. The second kappa shape index (κ2) is 6.03. The van der Waals surface area contributed by atoms with Crippen molar-refractivity contribution in [2.75, 3.05) is 0 Å². The molecule has 0 bridgehead atoms. The molecule has 3 nitrogen and oxygen atoms in total. The number of carbonyl (C=O) groups is 1. The zero-order valence-electron chi connectivity index (χ0n) is 14.3. The summed E-state index contributed by atoms with van der Waals surface area (Å²) >= 11 is 0. The van der Waals surface area contributed by atoms with E-state index in [1.807, 2.05) is 48.5 Å². The van der Waals surface area contributed by atoms with Crippen molar-refractivity contribution in [1.29, 1.82) is 0 Å². The van der Waals surface area contributed by atoms with E-state index >= 15 is 0 Å². The summed E-state index contributed by atoms with van der Waals surface area (Å²) in [6.07, 6.45) is 3.62. The van der Waals surface area contributed by atoms with Crippen molar-refractivity contribution in [3.05, 3.63) is 101 Å². The molecule has 3 heteroatoms. The van der Waals surface area contributed by atoms with Crippen LogP contribution in [0.4, 0.5) is 0 Å². The van der Waals surface area contributed by atoms with E-state index in [4.69, 9.17) is 4.42 Å². The smallest absolute Gasteiger partial charge is 0.233 e. The van der Waals surface area contributed by atoms with Gasteiger partial charge in [0, 0.05) is 11.3 Å². The van der Waals surface area contributed by atoms with Crippen molar-refractivity contribution in [1.82, 2.24) is 5.32 Å². The Morgan fingerprint density at radius 2 is 1.65 bits per heavy atom. The molecule has 128 valence electrons. The van der Waals surface area contributed by atoms with Crippen LogP contribution in [0.1, 0.15) is 40.7 Å². The van der Waals surface area contributed by atoms with E-state index < -0.39 is 0 Å². The number of amides is 1. The minimum absolute atomic E-state index is 0.0352. The Bertz CT molecular complexity index is 986. The van der Waals surface area contributed by atoms with Gasteiger partial charge in [0.2, 0.25) is 5.91 Å². The van der Waals surface area contributed by atoms with Gasteiger partial charge in [-0.25, -0.2) is 0 Å². The fourth-order valence-electron chi connectivity index (χ4n) is 4.37. The van der Waals surface area contributed by atoms with Crippen LogP contribution >= 0.6 is 0 Å². The molecule has 0 spiro atoms. The minimum atomic E-state index is -0.272. The Balaban J connectivity index is 1.72. The molecule has 1 aromatic heterocycles. The quantitative estimate of drug-likeness (QED) is 0.738. The zero-order valence-corrected chi connectivity index (χ0v) is 14.3. The lowest BCUT2D eigenvalue weighted by Gasteiger charge is -2.37. The summed E-state index contributed by atoms with van der Waals surface area (Å²) < 4.78 is 5.80. The van der Waals surface area contributed by atoms with Crippen molar-refractivity contribution >= 4 is 11.6 Å². The van der Waals surface area contributed by atoms with E-state index in [-0.39, 0.29) is 17.7 Å². The van der Waals surface area contributed by atoms with Crippen LogP contribution in [-0.4, -0.2) is 5.91 Å². The molecule has 2 aliphatic rings. The van der Waals surface area contributed by atoms with Crippen molar-refractivity contribution < 1.29 is 9.21 Å². The SMILES string of the molecule is O=C1NC2=C(CCc3ccccc32)C(c2ccco2)C1c1ccccc1. The molecule has 1 N–H and O–H groups in total. The van der Waals surface area contributed by atoms with E-state index in [0.29, 0.717) is 0 Å². The number of benzene rings is 2. The Morgan fingerprint density at radius 1 is 0.846 bits per heavy atom. The van der Waals surface area contributed by atoms with Crippen molar-refractivity contribution in [3.8, 4) is 0 Å². The summed E-state index contributed by atoms with van der Waals surface area (Å²) in [5.74, 6) is 0.560. The van der Waals surface area contributed by atoms with Gasteiger partial charge in [0.15, 0.2) is 0 Å². The van der Waals surface area contributed by atoms with Crippen molar-refractivity contribution in [2.24, 2.45) is 0 Å². The topological polar surface area (TPSA) is 42.2 Å². The second-order valence-corrected chi connectivity index (χ2v) is 6.93. The molecule has 2 unspecified atom stereocenters. The summed E-state index contributed by atoms with van der Waals surface area (Å²) in [6.45, 7) is 0. The molecular formula is C23H19NO2. The molecule has 2 aromatic carbocycles. The molecule has 1 aliphatic carbocycles. The molecule has 0 radical (unpaired) electrons. The molecule has 2 atom stereocenters. The van der Waals surface area contributed by atoms with E-state index in [0.717, 1.165) is 35.4 Å². The van der Waals surface area contributed by atoms with Gasteiger partial charge in [-0.05, 0) is 41.7 Å². The highest BCUT2D eigenvalue weighted by molar-refractivity contribution is 5.97. The Labute approximate surface area is 152 Å².